The zero-order chi connectivity index (χ0) is 41.9. The summed E-state index contributed by atoms with van der Waals surface area (Å²) in [5, 5.41) is 3.57. The summed E-state index contributed by atoms with van der Waals surface area (Å²) in [6.45, 7) is 2.35. The van der Waals surface area contributed by atoms with Crippen LogP contribution >= 0.6 is 0 Å². The minimum absolute atomic E-state index is 0.293. The van der Waals surface area contributed by atoms with Gasteiger partial charge < -0.3 is 0 Å². The van der Waals surface area contributed by atoms with Gasteiger partial charge in [-0.25, -0.2) is 9.97 Å². The molecule has 0 bridgehead atoms. The van der Waals surface area contributed by atoms with Gasteiger partial charge in [-0.2, -0.15) is 0 Å². The minimum atomic E-state index is 0.293. The molecule has 0 saturated heterocycles. The van der Waals surface area contributed by atoms with Crippen LogP contribution in [0.3, 0.4) is 0 Å². The largest absolute Gasteiger partial charge is 0.297 e. The van der Waals surface area contributed by atoms with Crippen LogP contribution in [-0.4, -0.2) is 19.1 Å². The summed E-state index contributed by atoms with van der Waals surface area (Å²) in [5.74, 6) is 2.64. The van der Waals surface area contributed by atoms with Gasteiger partial charge in [0.05, 0.1) is 16.6 Å². The van der Waals surface area contributed by atoms with Crippen molar-refractivity contribution in [3.63, 3.8) is 0 Å². The molecule has 0 amide bonds. The van der Waals surface area contributed by atoms with Gasteiger partial charge in [0.15, 0.2) is 5.82 Å². The third-order valence-electron chi connectivity index (χ3n) is 12.8. The average molecular weight is 807 g/mol. The van der Waals surface area contributed by atoms with E-state index in [4.69, 9.17) is 9.97 Å². The second-order valence-corrected chi connectivity index (χ2v) is 16.7. The van der Waals surface area contributed by atoms with Gasteiger partial charge in [0.2, 0.25) is 0 Å². The zero-order valence-electron chi connectivity index (χ0n) is 34.9. The number of nitrogens with zero attached hydrogens (tertiary/aromatic N) is 4. The van der Waals surface area contributed by atoms with Crippen molar-refractivity contribution in [1.29, 1.82) is 0 Å². The van der Waals surface area contributed by atoms with Crippen molar-refractivity contribution in [2.75, 3.05) is 0 Å². The standard InChI is InChI=1S/C59H42N4/c1-39-33-56-52(37-48(39)43-23-13-5-14-24-43)51-36-47(42-21-11-4-12-22-42)29-32-55(51)63(56)58-38-57(60-59(61-58)44-25-15-6-16-26-44)62-53-30-27-45(40-17-7-2-8-18-40)34-49(53)50-35-46(28-31-54(50)62)41-19-9-3-10-20-41/h2-32,34-39H,33H2,1H3. The van der Waals surface area contributed by atoms with Crippen molar-refractivity contribution in [2.24, 2.45) is 5.92 Å². The lowest BCUT2D eigenvalue weighted by Crippen LogP contribution is -2.14. The Hall–Kier alpha value is -8.08. The van der Waals surface area contributed by atoms with Crippen molar-refractivity contribution in [1.82, 2.24) is 19.1 Å². The Morgan fingerprint density at radius 3 is 1.25 bits per heavy atom. The van der Waals surface area contributed by atoms with Crippen LogP contribution in [0, 0.1) is 5.92 Å². The predicted molar refractivity (Wildman–Crippen MR) is 262 cm³/mol. The number of aromatic nitrogens is 4. The maximum absolute atomic E-state index is 5.48. The van der Waals surface area contributed by atoms with Gasteiger partial charge in [-0.3, -0.25) is 9.13 Å². The second kappa shape index (κ2) is 15.1. The summed E-state index contributed by atoms with van der Waals surface area (Å²) >= 11 is 0. The third kappa shape index (κ3) is 6.38. The number of rotatable bonds is 7. The first-order chi connectivity index (χ1) is 31.1. The summed E-state index contributed by atoms with van der Waals surface area (Å²) in [6.07, 6.45) is 3.31. The molecule has 0 aliphatic heterocycles. The highest BCUT2D eigenvalue weighted by Crippen LogP contribution is 2.43. The Labute approximate surface area is 366 Å². The van der Waals surface area contributed by atoms with Crippen molar-refractivity contribution >= 4 is 44.4 Å². The van der Waals surface area contributed by atoms with Crippen molar-refractivity contribution in [3.05, 3.63) is 229 Å². The average Bonchev–Trinajstić information content (AvgIpc) is 3.85. The molecule has 8 aromatic carbocycles. The van der Waals surface area contributed by atoms with E-state index in [0.29, 0.717) is 11.7 Å². The maximum Gasteiger partial charge on any atom is 0.163 e. The third-order valence-corrected chi connectivity index (χ3v) is 12.8. The molecule has 3 heterocycles. The topological polar surface area (TPSA) is 35.6 Å². The van der Waals surface area contributed by atoms with Gasteiger partial charge in [-0.15, -0.1) is 0 Å². The van der Waals surface area contributed by atoms with Crippen molar-refractivity contribution in [2.45, 2.75) is 13.3 Å². The van der Waals surface area contributed by atoms with E-state index in [1.165, 1.54) is 71.9 Å². The fourth-order valence-electron chi connectivity index (χ4n) is 9.76. The van der Waals surface area contributed by atoms with E-state index in [2.05, 4.69) is 228 Å². The van der Waals surface area contributed by atoms with Crippen LogP contribution in [-0.2, 0) is 6.42 Å². The monoisotopic (exact) mass is 806 g/mol. The fraction of sp³-hybridized carbons (Fsp3) is 0.0508. The first-order valence-corrected chi connectivity index (χ1v) is 21.8. The predicted octanol–water partition coefficient (Wildman–Crippen LogP) is 14.9. The molecule has 1 aliphatic rings. The van der Waals surface area contributed by atoms with E-state index in [0.717, 1.165) is 40.2 Å². The maximum atomic E-state index is 5.48. The van der Waals surface area contributed by atoms with Gasteiger partial charge in [0, 0.05) is 39.0 Å². The van der Waals surface area contributed by atoms with E-state index in [-0.39, 0.29) is 0 Å². The van der Waals surface area contributed by atoms with Crippen LogP contribution in [0.5, 0.6) is 0 Å². The number of benzene rings is 8. The lowest BCUT2D eigenvalue weighted by atomic mass is 9.83. The summed E-state index contributed by atoms with van der Waals surface area (Å²) in [7, 11) is 0. The summed E-state index contributed by atoms with van der Waals surface area (Å²) < 4.78 is 4.76. The van der Waals surface area contributed by atoms with Gasteiger partial charge in [-0.1, -0.05) is 177 Å². The molecule has 3 aromatic heterocycles. The van der Waals surface area contributed by atoms with E-state index < -0.39 is 0 Å². The molecular weight excluding hydrogens is 765 g/mol. The molecule has 63 heavy (non-hydrogen) atoms. The highest BCUT2D eigenvalue weighted by atomic mass is 15.1. The van der Waals surface area contributed by atoms with Crippen LogP contribution in [0.15, 0.2) is 212 Å². The Balaban J connectivity index is 1.13. The molecule has 4 nitrogen and oxygen atoms in total. The van der Waals surface area contributed by atoms with Crippen LogP contribution in [0.2, 0.25) is 0 Å². The Kier molecular flexibility index (Phi) is 8.82. The summed E-state index contributed by atoms with van der Waals surface area (Å²) in [6, 6.07) is 76.1. The smallest absolute Gasteiger partial charge is 0.163 e. The second-order valence-electron chi connectivity index (χ2n) is 16.7. The highest BCUT2D eigenvalue weighted by Gasteiger charge is 2.28. The molecule has 11 aromatic rings. The molecule has 12 rings (SSSR count). The van der Waals surface area contributed by atoms with Crippen LogP contribution in [0.25, 0.3) is 101 Å². The number of allylic oxidation sites excluding steroid dienone is 1. The van der Waals surface area contributed by atoms with Gasteiger partial charge in [0.1, 0.15) is 11.6 Å². The fourth-order valence-corrected chi connectivity index (χ4v) is 9.76. The molecule has 0 N–H and O–H groups in total. The molecule has 1 unspecified atom stereocenters. The first kappa shape index (κ1) is 36.7. The Bertz CT molecular complexity index is 3420. The van der Waals surface area contributed by atoms with Crippen molar-refractivity contribution < 1.29 is 0 Å². The first-order valence-electron chi connectivity index (χ1n) is 21.8. The number of hydrogen-bond acceptors (Lipinski definition) is 2. The van der Waals surface area contributed by atoms with Crippen LogP contribution in [0.1, 0.15) is 23.7 Å². The summed E-state index contributed by atoms with van der Waals surface area (Å²) in [4.78, 5) is 10.9. The Morgan fingerprint density at radius 2 is 0.778 bits per heavy atom. The van der Waals surface area contributed by atoms with E-state index in [1.54, 1.807) is 0 Å². The van der Waals surface area contributed by atoms with Crippen molar-refractivity contribution in [3.8, 4) is 56.4 Å². The highest BCUT2D eigenvalue weighted by molar-refractivity contribution is 6.11. The normalized spacial score (nSPS) is 13.7. The van der Waals surface area contributed by atoms with Gasteiger partial charge >= 0.3 is 0 Å². The molecule has 298 valence electrons. The lowest BCUT2D eigenvalue weighted by Gasteiger charge is -2.23. The SMILES string of the molecule is CC1Cc2c(c3cc(-c4ccccc4)ccc3n2-c2cc(-n3c4ccc(-c5ccccc5)cc4c4cc(-c5ccccc5)ccc43)nc(-c3ccccc3)n2)C=C1c1ccccc1. The van der Waals surface area contributed by atoms with E-state index in [9.17, 15) is 0 Å². The van der Waals surface area contributed by atoms with Gasteiger partial charge in [0.25, 0.3) is 0 Å². The molecule has 0 fully saturated rings. The van der Waals surface area contributed by atoms with Crippen LogP contribution in [0.4, 0.5) is 0 Å². The molecule has 1 atom stereocenters. The van der Waals surface area contributed by atoms with E-state index >= 15 is 0 Å². The number of fused-ring (bicyclic) bond motifs is 6. The van der Waals surface area contributed by atoms with Gasteiger partial charge in [-0.05, 0) is 99.3 Å². The summed E-state index contributed by atoms with van der Waals surface area (Å²) in [5.41, 5.74) is 16.5. The molecule has 0 spiro atoms. The quantitative estimate of drug-likeness (QED) is 0.161. The van der Waals surface area contributed by atoms with E-state index in [1.807, 2.05) is 6.07 Å². The molecule has 1 aliphatic carbocycles. The van der Waals surface area contributed by atoms with Crippen LogP contribution < -0.4 is 0 Å². The molecular formula is C59H42N4. The molecule has 4 heteroatoms. The molecule has 0 radical (unpaired) electrons. The minimum Gasteiger partial charge on any atom is -0.297 e. The lowest BCUT2D eigenvalue weighted by molar-refractivity contribution is 0.705. The number of hydrogen-bond donors (Lipinski definition) is 0. The Morgan fingerprint density at radius 1 is 0.381 bits per heavy atom. The molecule has 0 saturated carbocycles. The zero-order valence-corrected chi connectivity index (χ0v) is 34.9.